The summed E-state index contributed by atoms with van der Waals surface area (Å²) in [6.07, 6.45) is 0. The molecule has 0 bridgehead atoms. The van der Waals surface area contributed by atoms with Crippen molar-refractivity contribution in [1.82, 2.24) is 0 Å². The van der Waals surface area contributed by atoms with Crippen LogP contribution in [0, 0.1) is 17.5 Å². The van der Waals surface area contributed by atoms with Gasteiger partial charge in [-0.3, -0.25) is 4.79 Å². The number of rotatable bonds is 2. The molecule has 0 atom stereocenters. The molecular formula is C13H8F3NO. The maximum Gasteiger partial charge on any atom is 0.248 e. The second-order valence-electron chi connectivity index (χ2n) is 3.66. The van der Waals surface area contributed by atoms with Crippen LogP contribution in [0.25, 0.3) is 11.1 Å². The number of nitrogens with two attached hydrogens (primary N) is 1. The van der Waals surface area contributed by atoms with Gasteiger partial charge < -0.3 is 5.73 Å². The first-order valence-electron chi connectivity index (χ1n) is 5.04. The molecule has 0 aliphatic carbocycles. The quantitative estimate of drug-likeness (QED) is 0.876. The van der Waals surface area contributed by atoms with E-state index in [1.54, 1.807) is 0 Å². The van der Waals surface area contributed by atoms with Gasteiger partial charge in [0, 0.05) is 16.7 Å². The van der Waals surface area contributed by atoms with Gasteiger partial charge in [0.2, 0.25) is 5.91 Å². The number of halogens is 3. The van der Waals surface area contributed by atoms with Gasteiger partial charge in [0.1, 0.15) is 5.82 Å². The van der Waals surface area contributed by atoms with Gasteiger partial charge in [-0.05, 0) is 18.2 Å². The van der Waals surface area contributed by atoms with Crippen LogP contribution in [0.1, 0.15) is 10.4 Å². The van der Waals surface area contributed by atoms with Crippen LogP contribution < -0.4 is 5.73 Å². The minimum Gasteiger partial charge on any atom is -0.366 e. The van der Waals surface area contributed by atoms with Gasteiger partial charge in [-0.25, -0.2) is 13.2 Å². The van der Waals surface area contributed by atoms with Crippen molar-refractivity contribution < 1.29 is 18.0 Å². The second kappa shape index (κ2) is 4.52. The Bertz CT molecular complexity index is 626. The molecule has 2 aromatic rings. The Morgan fingerprint density at radius 2 is 1.61 bits per heavy atom. The van der Waals surface area contributed by atoms with E-state index in [2.05, 4.69) is 0 Å². The van der Waals surface area contributed by atoms with Gasteiger partial charge in [-0.2, -0.15) is 0 Å². The van der Waals surface area contributed by atoms with E-state index in [0.717, 1.165) is 12.1 Å². The summed E-state index contributed by atoms with van der Waals surface area (Å²) in [6.45, 7) is 0. The summed E-state index contributed by atoms with van der Waals surface area (Å²) in [5.74, 6) is -4.08. The van der Waals surface area contributed by atoms with Gasteiger partial charge >= 0.3 is 0 Å². The number of carbonyl (C=O) groups excluding carboxylic acids is 1. The van der Waals surface area contributed by atoms with Crippen molar-refractivity contribution in [2.75, 3.05) is 0 Å². The van der Waals surface area contributed by atoms with Crippen molar-refractivity contribution in [3.63, 3.8) is 0 Å². The van der Waals surface area contributed by atoms with E-state index in [1.165, 1.54) is 18.2 Å². The molecule has 0 radical (unpaired) electrons. The van der Waals surface area contributed by atoms with Gasteiger partial charge in [-0.1, -0.05) is 18.2 Å². The van der Waals surface area contributed by atoms with Crippen molar-refractivity contribution in [3.05, 3.63) is 59.4 Å². The van der Waals surface area contributed by atoms with Crippen LogP contribution in [0.3, 0.4) is 0 Å². The van der Waals surface area contributed by atoms with E-state index >= 15 is 0 Å². The van der Waals surface area contributed by atoms with E-state index in [-0.39, 0.29) is 16.7 Å². The van der Waals surface area contributed by atoms with Gasteiger partial charge in [-0.15, -0.1) is 0 Å². The van der Waals surface area contributed by atoms with Gasteiger partial charge in [0.05, 0.1) is 0 Å². The third-order valence-corrected chi connectivity index (χ3v) is 2.48. The summed E-state index contributed by atoms with van der Waals surface area (Å²) in [5.41, 5.74) is 4.32. The average Bonchev–Trinajstić information content (AvgIpc) is 2.33. The molecule has 0 saturated carbocycles. The summed E-state index contributed by atoms with van der Waals surface area (Å²) in [7, 11) is 0. The molecule has 92 valence electrons. The van der Waals surface area contributed by atoms with Crippen LogP contribution in [-0.4, -0.2) is 5.91 Å². The predicted octanol–water partition coefficient (Wildman–Crippen LogP) is 2.87. The molecule has 5 heteroatoms. The van der Waals surface area contributed by atoms with E-state index in [9.17, 15) is 18.0 Å². The number of amides is 1. The highest BCUT2D eigenvalue weighted by molar-refractivity contribution is 5.94. The molecule has 2 N–H and O–H groups in total. The number of carbonyl (C=O) groups is 1. The van der Waals surface area contributed by atoms with Crippen molar-refractivity contribution in [2.24, 2.45) is 5.73 Å². The Hall–Kier alpha value is -2.30. The molecule has 0 aliphatic heterocycles. The largest absolute Gasteiger partial charge is 0.366 e. The summed E-state index contributed by atoms with van der Waals surface area (Å²) in [4.78, 5) is 11.0. The average molecular weight is 251 g/mol. The maximum atomic E-state index is 13.6. The molecular weight excluding hydrogens is 243 g/mol. The number of hydrogen-bond acceptors (Lipinski definition) is 1. The fourth-order valence-corrected chi connectivity index (χ4v) is 1.61. The molecule has 2 aromatic carbocycles. The van der Waals surface area contributed by atoms with Crippen molar-refractivity contribution >= 4 is 5.91 Å². The monoisotopic (exact) mass is 251 g/mol. The molecule has 0 aromatic heterocycles. The Kier molecular flexibility index (Phi) is 3.06. The molecule has 0 spiro atoms. The highest BCUT2D eigenvalue weighted by Gasteiger charge is 2.16. The number of hydrogen-bond donors (Lipinski definition) is 1. The Balaban J connectivity index is 2.71. The smallest absolute Gasteiger partial charge is 0.248 e. The topological polar surface area (TPSA) is 43.1 Å². The lowest BCUT2D eigenvalue weighted by Crippen LogP contribution is -2.12. The first-order chi connectivity index (χ1) is 8.50. The predicted molar refractivity (Wildman–Crippen MR) is 60.3 cm³/mol. The SMILES string of the molecule is NC(=O)c1cc(F)c(F)c(-c2ccccc2F)c1. The molecule has 18 heavy (non-hydrogen) atoms. The third kappa shape index (κ3) is 2.07. The molecule has 0 saturated heterocycles. The van der Waals surface area contributed by atoms with E-state index in [4.69, 9.17) is 5.73 Å². The minimum atomic E-state index is -1.25. The van der Waals surface area contributed by atoms with Crippen LogP contribution in [0.4, 0.5) is 13.2 Å². The lowest BCUT2D eigenvalue weighted by atomic mass is 10.0. The van der Waals surface area contributed by atoms with Crippen LogP contribution in [0.2, 0.25) is 0 Å². The Labute approximate surface area is 101 Å². The highest BCUT2D eigenvalue weighted by atomic mass is 19.2. The molecule has 2 rings (SSSR count). The lowest BCUT2D eigenvalue weighted by molar-refractivity contribution is 0.1000. The Morgan fingerprint density at radius 3 is 2.22 bits per heavy atom. The molecule has 1 amide bonds. The summed E-state index contributed by atoms with van der Waals surface area (Å²) in [5, 5.41) is 0. The summed E-state index contributed by atoms with van der Waals surface area (Å²) < 4.78 is 40.4. The fourth-order valence-electron chi connectivity index (χ4n) is 1.61. The van der Waals surface area contributed by atoms with Crippen molar-refractivity contribution in [3.8, 4) is 11.1 Å². The van der Waals surface area contributed by atoms with E-state index < -0.39 is 23.4 Å². The van der Waals surface area contributed by atoms with E-state index in [1.807, 2.05) is 0 Å². The zero-order valence-corrected chi connectivity index (χ0v) is 9.08. The molecule has 0 aliphatic rings. The fraction of sp³-hybridized carbons (Fsp3) is 0. The Morgan fingerprint density at radius 1 is 0.944 bits per heavy atom. The standard InChI is InChI=1S/C13H8F3NO/c14-10-4-2-1-3-8(10)9-5-7(13(17)18)6-11(15)12(9)16/h1-6H,(H2,17,18). The van der Waals surface area contributed by atoms with Crippen molar-refractivity contribution in [2.45, 2.75) is 0 Å². The molecule has 2 nitrogen and oxygen atoms in total. The van der Waals surface area contributed by atoms with Crippen molar-refractivity contribution in [1.29, 1.82) is 0 Å². The van der Waals surface area contributed by atoms with Crippen LogP contribution in [-0.2, 0) is 0 Å². The molecule has 0 fully saturated rings. The van der Waals surface area contributed by atoms with Crippen LogP contribution in [0.15, 0.2) is 36.4 Å². The summed E-state index contributed by atoms with van der Waals surface area (Å²) in [6, 6.07) is 7.01. The molecule has 0 unspecified atom stereocenters. The molecule has 0 heterocycles. The highest BCUT2D eigenvalue weighted by Crippen LogP contribution is 2.28. The first-order valence-corrected chi connectivity index (χ1v) is 5.04. The normalized spacial score (nSPS) is 10.4. The second-order valence-corrected chi connectivity index (χ2v) is 3.66. The third-order valence-electron chi connectivity index (χ3n) is 2.48. The van der Waals surface area contributed by atoms with E-state index in [0.29, 0.717) is 6.07 Å². The van der Waals surface area contributed by atoms with Crippen LogP contribution >= 0.6 is 0 Å². The van der Waals surface area contributed by atoms with Gasteiger partial charge in [0.25, 0.3) is 0 Å². The zero-order valence-electron chi connectivity index (χ0n) is 9.08. The zero-order chi connectivity index (χ0) is 13.3. The first kappa shape index (κ1) is 12.2. The number of primary amides is 1. The van der Waals surface area contributed by atoms with Crippen LogP contribution in [0.5, 0.6) is 0 Å². The maximum absolute atomic E-state index is 13.6. The lowest BCUT2D eigenvalue weighted by Gasteiger charge is -2.07. The summed E-state index contributed by atoms with van der Waals surface area (Å²) >= 11 is 0. The minimum absolute atomic E-state index is 0.128. The number of benzene rings is 2. The van der Waals surface area contributed by atoms with Gasteiger partial charge in [0.15, 0.2) is 11.6 Å².